The maximum atomic E-state index is 11.8. The lowest BCUT2D eigenvalue weighted by atomic mass is 10.1. The molecule has 0 amide bonds. The van der Waals surface area contributed by atoms with Gasteiger partial charge in [0, 0.05) is 24.7 Å². The summed E-state index contributed by atoms with van der Waals surface area (Å²) in [6, 6.07) is -0.0217. The van der Waals surface area contributed by atoms with Gasteiger partial charge >= 0.3 is 0 Å². The predicted molar refractivity (Wildman–Crippen MR) is 56.0 cm³/mol. The third-order valence-corrected chi connectivity index (χ3v) is 3.84. The summed E-state index contributed by atoms with van der Waals surface area (Å²) in [5, 5.41) is 0. The van der Waals surface area contributed by atoms with Gasteiger partial charge in [0.25, 0.3) is 10.2 Å². The minimum Gasteiger partial charge on any atom is -0.326 e. The number of nitrogens with one attached hydrogen (secondary N) is 1. The van der Waals surface area contributed by atoms with Crippen molar-refractivity contribution >= 4 is 10.2 Å². The van der Waals surface area contributed by atoms with Crippen molar-refractivity contribution in [3.05, 3.63) is 0 Å². The molecule has 1 rings (SSSR count). The van der Waals surface area contributed by atoms with Crippen LogP contribution in [0.1, 0.15) is 27.2 Å². The van der Waals surface area contributed by atoms with Crippen molar-refractivity contribution < 1.29 is 8.42 Å². The van der Waals surface area contributed by atoms with E-state index >= 15 is 0 Å². The van der Waals surface area contributed by atoms with Crippen LogP contribution in [0.4, 0.5) is 0 Å². The summed E-state index contributed by atoms with van der Waals surface area (Å²) in [6.45, 7) is 6.40. The fourth-order valence-electron chi connectivity index (χ4n) is 1.42. The Kier molecular flexibility index (Phi) is 3.20. The molecule has 0 unspecified atom stereocenters. The minimum absolute atomic E-state index is 0.0217. The van der Waals surface area contributed by atoms with Crippen molar-refractivity contribution in [2.24, 2.45) is 5.73 Å². The highest BCUT2D eigenvalue weighted by Crippen LogP contribution is 2.13. The molecule has 3 N–H and O–H groups in total. The van der Waals surface area contributed by atoms with Crippen LogP contribution >= 0.6 is 0 Å². The van der Waals surface area contributed by atoms with Gasteiger partial charge in [-0.25, -0.2) is 0 Å². The van der Waals surface area contributed by atoms with Gasteiger partial charge < -0.3 is 5.73 Å². The Labute approximate surface area is 85.8 Å². The van der Waals surface area contributed by atoms with E-state index in [0.29, 0.717) is 13.1 Å². The molecule has 0 aromatic heterocycles. The molecule has 0 spiro atoms. The topological polar surface area (TPSA) is 75.4 Å². The summed E-state index contributed by atoms with van der Waals surface area (Å²) in [6.07, 6.45) is 0.741. The molecule has 1 aliphatic heterocycles. The first-order chi connectivity index (χ1) is 6.21. The summed E-state index contributed by atoms with van der Waals surface area (Å²) >= 11 is 0. The van der Waals surface area contributed by atoms with E-state index in [4.69, 9.17) is 5.73 Å². The van der Waals surface area contributed by atoms with Crippen LogP contribution in [0, 0.1) is 0 Å². The molecule has 1 saturated heterocycles. The summed E-state index contributed by atoms with van der Waals surface area (Å²) in [5.41, 5.74) is 5.21. The van der Waals surface area contributed by atoms with Crippen molar-refractivity contribution in [1.82, 2.24) is 9.03 Å². The largest absolute Gasteiger partial charge is 0.326 e. The van der Waals surface area contributed by atoms with Crippen LogP contribution in [-0.2, 0) is 10.2 Å². The van der Waals surface area contributed by atoms with E-state index in [2.05, 4.69) is 4.72 Å². The maximum Gasteiger partial charge on any atom is 0.279 e. The molecule has 1 fully saturated rings. The average Bonchev–Trinajstić information content (AvgIpc) is 2.29. The Morgan fingerprint density at radius 2 is 2.00 bits per heavy atom. The zero-order chi connectivity index (χ0) is 11.0. The Morgan fingerprint density at radius 3 is 2.36 bits per heavy atom. The Bertz CT molecular complexity index is 294. The zero-order valence-corrected chi connectivity index (χ0v) is 9.76. The highest BCUT2D eigenvalue weighted by molar-refractivity contribution is 7.87. The number of nitrogens with zero attached hydrogens (tertiary/aromatic N) is 1. The summed E-state index contributed by atoms with van der Waals surface area (Å²) in [7, 11) is -3.35. The second-order valence-electron chi connectivity index (χ2n) is 4.76. The fraction of sp³-hybridized carbons (Fsp3) is 1.00. The normalized spacial score (nSPS) is 25.6. The molecule has 0 bridgehead atoms. The van der Waals surface area contributed by atoms with E-state index in [1.165, 1.54) is 4.31 Å². The standard InChI is InChI=1S/C8H19N3O2S/c1-8(2,3)10-14(12,13)11-5-4-7(9)6-11/h7,10H,4-6,9H2,1-3H3/t7-/m1/s1. The van der Waals surface area contributed by atoms with Crippen molar-refractivity contribution in [3.63, 3.8) is 0 Å². The van der Waals surface area contributed by atoms with Gasteiger partial charge in [-0.2, -0.15) is 17.4 Å². The molecule has 6 heteroatoms. The van der Waals surface area contributed by atoms with Gasteiger partial charge in [0.05, 0.1) is 0 Å². The molecule has 1 atom stereocenters. The molecule has 1 heterocycles. The van der Waals surface area contributed by atoms with Gasteiger partial charge in [0.15, 0.2) is 0 Å². The molecule has 0 aromatic carbocycles. The lowest BCUT2D eigenvalue weighted by Crippen LogP contribution is -2.48. The summed E-state index contributed by atoms with van der Waals surface area (Å²) < 4.78 is 27.5. The molecule has 0 aliphatic carbocycles. The molecule has 0 saturated carbocycles. The number of hydrogen-bond donors (Lipinski definition) is 2. The second-order valence-corrected chi connectivity index (χ2v) is 6.43. The number of nitrogens with two attached hydrogens (primary N) is 1. The molecular weight excluding hydrogens is 202 g/mol. The third-order valence-electron chi connectivity index (χ3n) is 1.96. The Hall–Kier alpha value is -0.170. The Morgan fingerprint density at radius 1 is 1.43 bits per heavy atom. The summed E-state index contributed by atoms with van der Waals surface area (Å²) in [4.78, 5) is 0. The van der Waals surface area contributed by atoms with Crippen molar-refractivity contribution in [2.75, 3.05) is 13.1 Å². The van der Waals surface area contributed by atoms with Gasteiger partial charge in [0.2, 0.25) is 0 Å². The van der Waals surface area contributed by atoms with E-state index in [1.54, 1.807) is 0 Å². The molecule has 84 valence electrons. The van der Waals surface area contributed by atoms with Crippen LogP contribution in [0.5, 0.6) is 0 Å². The third kappa shape index (κ3) is 3.20. The fourth-order valence-corrected chi connectivity index (χ4v) is 3.06. The van der Waals surface area contributed by atoms with Gasteiger partial charge in [0.1, 0.15) is 0 Å². The van der Waals surface area contributed by atoms with Crippen molar-refractivity contribution in [1.29, 1.82) is 0 Å². The van der Waals surface area contributed by atoms with Crippen LogP contribution in [0.15, 0.2) is 0 Å². The molecule has 14 heavy (non-hydrogen) atoms. The molecule has 1 aliphatic rings. The van der Waals surface area contributed by atoms with Crippen molar-refractivity contribution in [3.8, 4) is 0 Å². The van der Waals surface area contributed by atoms with Gasteiger partial charge in [-0.1, -0.05) is 0 Å². The Balaban J connectivity index is 2.67. The lowest BCUT2D eigenvalue weighted by Gasteiger charge is -2.24. The highest BCUT2D eigenvalue weighted by Gasteiger charge is 2.31. The molecular formula is C8H19N3O2S. The molecule has 0 aromatic rings. The first-order valence-electron chi connectivity index (χ1n) is 4.75. The maximum absolute atomic E-state index is 11.8. The van der Waals surface area contributed by atoms with Crippen molar-refractivity contribution in [2.45, 2.75) is 38.8 Å². The monoisotopic (exact) mass is 221 g/mol. The SMILES string of the molecule is CC(C)(C)NS(=O)(=O)N1CC[C@@H](N)C1. The van der Waals surface area contributed by atoms with E-state index < -0.39 is 15.7 Å². The van der Waals surface area contributed by atoms with Crippen LogP contribution < -0.4 is 10.5 Å². The molecule has 5 nitrogen and oxygen atoms in total. The van der Waals surface area contributed by atoms with E-state index in [-0.39, 0.29) is 6.04 Å². The average molecular weight is 221 g/mol. The van der Waals surface area contributed by atoms with Gasteiger partial charge in [-0.15, -0.1) is 0 Å². The highest BCUT2D eigenvalue weighted by atomic mass is 32.2. The van der Waals surface area contributed by atoms with E-state index in [9.17, 15) is 8.42 Å². The predicted octanol–water partition coefficient (Wildman–Crippen LogP) is -0.348. The second kappa shape index (κ2) is 3.77. The first-order valence-corrected chi connectivity index (χ1v) is 6.19. The smallest absolute Gasteiger partial charge is 0.279 e. The zero-order valence-electron chi connectivity index (χ0n) is 8.95. The quantitative estimate of drug-likeness (QED) is 0.669. The first kappa shape index (κ1) is 11.9. The van der Waals surface area contributed by atoms with Crippen LogP contribution in [-0.4, -0.2) is 37.4 Å². The molecule has 0 radical (unpaired) electrons. The van der Waals surface area contributed by atoms with Crippen LogP contribution in [0.25, 0.3) is 0 Å². The minimum atomic E-state index is -3.35. The number of rotatable bonds is 2. The van der Waals surface area contributed by atoms with Crippen LogP contribution in [0.3, 0.4) is 0 Å². The van der Waals surface area contributed by atoms with Crippen LogP contribution in [0.2, 0.25) is 0 Å². The van der Waals surface area contributed by atoms with Gasteiger partial charge in [-0.05, 0) is 27.2 Å². The van der Waals surface area contributed by atoms with Gasteiger partial charge in [-0.3, -0.25) is 0 Å². The van der Waals surface area contributed by atoms with E-state index in [1.807, 2.05) is 20.8 Å². The summed E-state index contributed by atoms with van der Waals surface area (Å²) in [5.74, 6) is 0. The van der Waals surface area contributed by atoms with E-state index in [0.717, 1.165) is 6.42 Å². The lowest BCUT2D eigenvalue weighted by molar-refractivity contribution is 0.424. The number of hydrogen-bond acceptors (Lipinski definition) is 3.